The summed E-state index contributed by atoms with van der Waals surface area (Å²) in [6.45, 7) is 0.158. The van der Waals surface area contributed by atoms with Gasteiger partial charge in [0.25, 0.3) is 0 Å². The lowest BCUT2D eigenvalue weighted by Gasteiger charge is -2.08. The van der Waals surface area contributed by atoms with E-state index in [1.807, 2.05) is 19.0 Å². The van der Waals surface area contributed by atoms with E-state index in [0.717, 1.165) is 0 Å². The van der Waals surface area contributed by atoms with Gasteiger partial charge < -0.3 is 24.6 Å². The van der Waals surface area contributed by atoms with Crippen molar-refractivity contribution in [1.29, 1.82) is 0 Å². The van der Waals surface area contributed by atoms with Crippen molar-refractivity contribution >= 4 is 30.5 Å². The molecule has 0 aromatic carbocycles. The number of likely N-dealkylation sites (N-methyl/N-ethyl adjacent to an activating group) is 1. The van der Waals surface area contributed by atoms with Crippen molar-refractivity contribution in [3.05, 3.63) is 73.3 Å². The van der Waals surface area contributed by atoms with Crippen molar-refractivity contribution in [2.24, 2.45) is 0 Å². The van der Waals surface area contributed by atoms with E-state index in [0.29, 0.717) is 45.5 Å². The molecular weight excluding hydrogens is 502 g/mol. The summed E-state index contributed by atoms with van der Waals surface area (Å²) >= 11 is 0. The maximum atomic E-state index is 13.9. The second-order valence-corrected chi connectivity index (χ2v) is 9.58. The van der Waals surface area contributed by atoms with E-state index in [1.54, 1.807) is 42.9 Å². The van der Waals surface area contributed by atoms with E-state index in [9.17, 15) is 13.8 Å². The largest absolute Gasteiger partial charge is 0.471 e. The molecule has 0 aliphatic carbocycles. The van der Waals surface area contributed by atoms with Crippen LogP contribution in [0.2, 0.25) is 0 Å². The summed E-state index contributed by atoms with van der Waals surface area (Å²) in [5, 5.41) is 3.35. The predicted molar refractivity (Wildman–Crippen MR) is 136 cm³/mol. The number of phosphoric acid groups is 1. The Morgan fingerprint density at radius 3 is 2.68 bits per heavy atom. The van der Waals surface area contributed by atoms with Crippen molar-refractivity contribution in [1.82, 2.24) is 24.4 Å². The summed E-state index contributed by atoms with van der Waals surface area (Å²) in [6.07, 6.45) is 10.8. The van der Waals surface area contributed by atoms with Crippen LogP contribution in [0.1, 0.15) is 0 Å². The molecule has 0 aliphatic heterocycles. The van der Waals surface area contributed by atoms with Gasteiger partial charge >= 0.3 is 7.82 Å². The van der Waals surface area contributed by atoms with Crippen LogP contribution in [0, 0.1) is 5.95 Å². The summed E-state index contributed by atoms with van der Waals surface area (Å²) < 4.78 is 31.2. The molecule has 37 heavy (non-hydrogen) atoms. The number of nitrogens with one attached hydrogen (secondary N) is 1. The van der Waals surface area contributed by atoms with Gasteiger partial charge in [-0.3, -0.25) is 14.3 Å². The number of hydrogen-bond acceptors (Lipinski definition) is 7. The average Bonchev–Trinajstić information content (AvgIpc) is 3.20. The molecule has 13 heteroatoms. The minimum atomic E-state index is -4.74. The van der Waals surface area contributed by atoms with Crippen LogP contribution in [-0.4, -0.2) is 60.8 Å². The first kappa shape index (κ1) is 26.3. The second kappa shape index (κ2) is 11.1. The number of nitrogens with zero attached hydrogens (tertiary/aromatic N) is 5. The van der Waals surface area contributed by atoms with Crippen LogP contribution in [0.3, 0.4) is 0 Å². The van der Waals surface area contributed by atoms with Crippen LogP contribution in [0.25, 0.3) is 33.3 Å². The highest BCUT2D eigenvalue weighted by molar-refractivity contribution is 7.46. The molecule has 0 spiro atoms. The maximum absolute atomic E-state index is 13.9. The molecule has 3 N–H and O–H groups in total. The lowest BCUT2D eigenvalue weighted by molar-refractivity contribution is -0.111. The Labute approximate surface area is 211 Å². The minimum Gasteiger partial charge on any atom is -0.321 e. The lowest BCUT2D eigenvalue weighted by Crippen LogP contribution is -2.13. The number of phosphoric ester groups is 1. The Kier molecular flexibility index (Phi) is 7.86. The Balaban J connectivity index is 1.70. The van der Waals surface area contributed by atoms with Crippen LogP contribution in [0.5, 0.6) is 0 Å². The second-order valence-electron chi connectivity index (χ2n) is 8.34. The molecule has 0 bridgehead atoms. The minimum absolute atomic E-state index is 0.293. The van der Waals surface area contributed by atoms with Gasteiger partial charge in [0.05, 0.1) is 11.9 Å². The van der Waals surface area contributed by atoms with Gasteiger partial charge in [0.2, 0.25) is 11.9 Å². The smallest absolute Gasteiger partial charge is 0.321 e. The number of amides is 1. The molecule has 0 saturated heterocycles. The number of fused-ring (bicyclic) bond motifs is 1. The number of hydrogen-bond donors (Lipinski definition) is 3. The topological polar surface area (TPSA) is 143 Å². The molecule has 4 aromatic rings. The Morgan fingerprint density at radius 2 is 1.95 bits per heavy atom. The SMILES string of the molecule is CN(C)C/C=C/C(=O)Nc1cncc(-c2cnc3c(c2)c(-c2ccnc(F)c2)cn3COP(=O)(O)O)c1. The molecule has 0 saturated carbocycles. The van der Waals surface area contributed by atoms with E-state index in [2.05, 4.69) is 24.8 Å². The van der Waals surface area contributed by atoms with Crippen molar-refractivity contribution < 1.29 is 28.1 Å². The number of carbonyl (C=O) groups is 1. The highest BCUT2D eigenvalue weighted by atomic mass is 31.2. The quantitative estimate of drug-likeness (QED) is 0.170. The third kappa shape index (κ3) is 6.91. The summed E-state index contributed by atoms with van der Waals surface area (Å²) in [7, 11) is -0.938. The summed E-state index contributed by atoms with van der Waals surface area (Å²) in [5.74, 6) is -0.972. The Bertz CT molecular complexity index is 1520. The van der Waals surface area contributed by atoms with Gasteiger partial charge in [0.1, 0.15) is 12.4 Å². The standard InChI is InChI=1S/C24H24FN6O5P/c1-30(2)7-3-4-23(32)29-19-8-17(11-26-13-19)18-9-20-21(16-5-6-27-22(25)10-16)14-31(24(20)28-12-18)15-36-37(33,34)35/h3-6,8-14H,7,15H2,1-2H3,(H,29,32)(H2,33,34,35)/b4-3+. The molecular formula is C24H24FN6O5P. The van der Waals surface area contributed by atoms with Crippen LogP contribution >= 0.6 is 7.82 Å². The van der Waals surface area contributed by atoms with Gasteiger partial charge in [-0.1, -0.05) is 6.08 Å². The summed E-state index contributed by atoms with van der Waals surface area (Å²) in [4.78, 5) is 44.6. The first-order valence-electron chi connectivity index (χ1n) is 11.0. The van der Waals surface area contributed by atoms with E-state index in [4.69, 9.17) is 9.79 Å². The molecule has 0 unspecified atom stereocenters. The molecule has 4 rings (SSSR count). The van der Waals surface area contributed by atoms with Crippen molar-refractivity contribution in [3.8, 4) is 22.3 Å². The number of rotatable bonds is 9. The zero-order valence-electron chi connectivity index (χ0n) is 19.9. The fraction of sp³-hybridized carbons (Fsp3) is 0.167. The van der Waals surface area contributed by atoms with Crippen LogP contribution < -0.4 is 5.32 Å². The molecule has 1 amide bonds. The third-order valence-corrected chi connectivity index (χ3v) is 5.65. The highest BCUT2D eigenvalue weighted by Crippen LogP contribution is 2.38. The Hall–Kier alpha value is -3.80. The normalized spacial score (nSPS) is 12.1. The zero-order valence-corrected chi connectivity index (χ0v) is 20.8. The third-order valence-electron chi connectivity index (χ3n) is 5.20. The summed E-state index contributed by atoms with van der Waals surface area (Å²) in [5.41, 5.74) is 3.23. The van der Waals surface area contributed by atoms with Gasteiger partial charge in [-0.2, -0.15) is 4.39 Å². The first-order chi connectivity index (χ1) is 17.6. The van der Waals surface area contributed by atoms with Gasteiger partial charge in [0.15, 0.2) is 0 Å². The fourth-order valence-corrected chi connectivity index (χ4v) is 3.86. The zero-order chi connectivity index (χ0) is 26.6. The van der Waals surface area contributed by atoms with Crippen LogP contribution in [-0.2, 0) is 20.6 Å². The number of pyridine rings is 3. The van der Waals surface area contributed by atoms with Crippen LogP contribution in [0.4, 0.5) is 10.1 Å². The van der Waals surface area contributed by atoms with Gasteiger partial charge in [-0.15, -0.1) is 0 Å². The van der Waals surface area contributed by atoms with E-state index in [-0.39, 0.29) is 5.91 Å². The monoisotopic (exact) mass is 526 g/mol. The van der Waals surface area contributed by atoms with Gasteiger partial charge in [-0.25, -0.2) is 14.5 Å². The van der Waals surface area contributed by atoms with E-state index >= 15 is 0 Å². The molecule has 0 radical (unpaired) electrons. The highest BCUT2D eigenvalue weighted by Gasteiger charge is 2.18. The molecule has 0 fully saturated rings. The number of halogens is 1. The lowest BCUT2D eigenvalue weighted by atomic mass is 10.0. The number of anilines is 1. The molecule has 11 nitrogen and oxygen atoms in total. The molecule has 192 valence electrons. The summed E-state index contributed by atoms with van der Waals surface area (Å²) in [6, 6.07) is 6.40. The van der Waals surface area contributed by atoms with Crippen molar-refractivity contribution in [2.75, 3.05) is 26.0 Å². The predicted octanol–water partition coefficient (Wildman–Crippen LogP) is 3.42. The van der Waals surface area contributed by atoms with Crippen molar-refractivity contribution in [3.63, 3.8) is 0 Å². The first-order valence-corrected chi connectivity index (χ1v) is 12.5. The molecule has 4 heterocycles. The fourth-order valence-electron chi connectivity index (χ4n) is 3.59. The Morgan fingerprint density at radius 1 is 1.16 bits per heavy atom. The van der Waals surface area contributed by atoms with Gasteiger partial charge in [-0.05, 0) is 37.9 Å². The molecule has 4 aromatic heterocycles. The molecule has 0 atom stereocenters. The number of carbonyl (C=O) groups excluding carboxylic acids is 1. The molecule has 0 aliphatic rings. The van der Waals surface area contributed by atoms with Gasteiger partial charge in [0, 0.05) is 65.6 Å². The van der Waals surface area contributed by atoms with E-state index < -0.39 is 20.5 Å². The van der Waals surface area contributed by atoms with Crippen LogP contribution in [0.15, 0.2) is 67.4 Å². The van der Waals surface area contributed by atoms with E-state index in [1.165, 1.54) is 29.1 Å². The number of aromatic nitrogens is 4. The average molecular weight is 526 g/mol. The van der Waals surface area contributed by atoms with Crippen molar-refractivity contribution in [2.45, 2.75) is 6.73 Å². The maximum Gasteiger partial charge on any atom is 0.471 e.